The number of nitrogens with zero attached hydrogens (tertiary/aromatic N) is 2. The number of fused-ring (bicyclic) bond motifs is 3. The SMILES string of the molecule is CNC(=O)Cn1c2c(c3cccc(Br)c31)CN(C(=O)OCc1ccccc1)CC2. The first-order chi connectivity index (χ1) is 14.1. The zero-order valence-corrected chi connectivity index (χ0v) is 17.7. The van der Waals surface area contributed by atoms with Crippen LogP contribution in [0.4, 0.5) is 4.79 Å². The van der Waals surface area contributed by atoms with Gasteiger partial charge < -0.3 is 19.5 Å². The molecular weight excluding hydrogens is 434 g/mol. The van der Waals surface area contributed by atoms with E-state index in [4.69, 9.17) is 4.74 Å². The molecule has 1 aromatic heterocycles. The van der Waals surface area contributed by atoms with Gasteiger partial charge in [0.2, 0.25) is 5.91 Å². The highest BCUT2D eigenvalue weighted by atomic mass is 79.9. The van der Waals surface area contributed by atoms with E-state index < -0.39 is 0 Å². The maximum atomic E-state index is 12.6. The first kappa shape index (κ1) is 19.5. The smallest absolute Gasteiger partial charge is 0.410 e. The van der Waals surface area contributed by atoms with Crippen molar-refractivity contribution in [3.05, 3.63) is 69.8 Å². The minimum Gasteiger partial charge on any atom is -0.445 e. The Hall–Kier alpha value is -2.80. The zero-order chi connectivity index (χ0) is 20.4. The van der Waals surface area contributed by atoms with Gasteiger partial charge in [0.15, 0.2) is 0 Å². The van der Waals surface area contributed by atoms with Gasteiger partial charge >= 0.3 is 6.09 Å². The van der Waals surface area contributed by atoms with E-state index in [0.717, 1.165) is 32.2 Å². The lowest BCUT2D eigenvalue weighted by molar-refractivity contribution is -0.121. The number of hydrogen-bond acceptors (Lipinski definition) is 3. The maximum Gasteiger partial charge on any atom is 0.410 e. The molecule has 0 bridgehead atoms. The predicted molar refractivity (Wildman–Crippen MR) is 114 cm³/mol. The van der Waals surface area contributed by atoms with Gasteiger partial charge in [-0.05, 0) is 27.6 Å². The van der Waals surface area contributed by atoms with Crippen LogP contribution in [0, 0.1) is 0 Å². The summed E-state index contributed by atoms with van der Waals surface area (Å²) in [4.78, 5) is 26.5. The fourth-order valence-electron chi connectivity index (χ4n) is 3.82. The standard InChI is InChI=1S/C22H22BrN3O3/c1-24-20(27)13-26-19-10-11-25(22(28)29-14-15-6-3-2-4-7-15)12-17(19)16-8-5-9-18(23)21(16)26/h2-9H,10-14H2,1H3,(H,24,27). The van der Waals surface area contributed by atoms with Crippen LogP contribution >= 0.6 is 15.9 Å². The molecule has 2 amide bonds. The molecule has 1 aliphatic rings. The predicted octanol–water partition coefficient (Wildman–Crippen LogP) is 3.84. The van der Waals surface area contributed by atoms with E-state index in [1.165, 1.54) is 0 Å². The highest BCUT2D eigenvalue weighted by molar-refractivity contribution is 9.10. The van der Waals surface area contributed by atoms with Crippen molar-refractivity contribution >= 4 is 38.8 Å². The van der Waals surface area contributed by atoms with Gasteiger partial charge in [0.05, 0.1) is 12.1 Å². The Morgan fingerprint density at radius 3 is 2.69 bits per heavy atom. The lowest BCUT2D eigenvalue weighted by Crippen LogP contribution is -2.37. The summed E-state index contributed by atoms with van der Waals surface area (Å²) in [6.07, 6.45) is 0.357. The number of ether oxygens (including phenoxy) is 1. The molecule has 6 nitrogen and oxygen atoms in total. The number of aromatic nitrogens is 1. The molecular formula is C22H22BrN3O3. The number of amides is 2. The molecule has 0 fully saturated rings. The molecule has 2 aromatic carbocycles. The molecule has 0 atom stereocenters. The van der Waals surface area contributed by atoms with Gasteiger partial charge in [0, 0.05) is 41.1 Å². The molecule has 0 saturated heterocycles. The molecule has 0 saturated carbocycles. The van der Waals surface area contributed by atoms with Crippen molar-refractivity contribution in [2.45, 2.75) is 26.1 Å². The van der Waals surface area contributed by atoms with Crippen molar-refractivity contribution < 1.29 is 14.3 Å². The summed E-state index contributed by atoms with van der Waals surface area (Å²) in [6, 6.07) is 15.6. The Morgan fingerprint density at radius 1 is 1.14 bits per heavy atom. The number of carbonyl (C=O) groups is 2. The van der Waals surface area contributed by atoms with Crippen molar-refractivity contribution in [3.8, 4) is 0 Å². The molecule has 150 valence electrons. The van der Waals surface area contributed by atoms with Crippen molar-refractivity contribution in [2.24, 2.45) is 0 Å². The molecule has 1 aliphatic heterocycles. The monoisotopic (exact) mass is 455 g/mol. The fourth-order valence-corrected chi connectivity index (χ4v) is 4.40. The number of hydrogen-bond donors (Lipinski definition) is 1. The van der Waals surface area contributed by atoms with Crippen LogP contribution in [0.25, 0.3) is 10.9 Å². The van der Waals surface area contributed by atoms with Crippen molar-refractivity contribution in [1.29, 1.82) is 0 Å². The third kappa shape index (κ3) is 3.87. The lowest BCUT2D eigenvalue weighted by Gasteiger charge is -2.27. The van der Waals surface area contributed by atoms with Gasteiger partial charge in [-0.25, -0.2) is 4.79 Å². The number of likely N-dealkylation sites (N-methyl/N-ethyl adjacent to an activating group) is 1. The summed E-state index contributed by atoms with van der Waals surface area (Å²) in [5.74, 6) is -0.0508. The Labute approximate surface area is 177 Å². The van der Waals surface area contributed by atoms with Crippen LogP contribution in [0.3, 0.4) is 0 Å². The minimum absolute atomic E-state index is 0.0508. The average molecular weight is 456 g/mol. The number of nitrogens with one attached hydrogen (secondary N) is 1. The molecule has 7 heteroatoms. The third-order valence-corrected chi connectivity index (χ3v) is 5.91. The average Bonchev–Trinajstić information content (AvgIpc) is 3.07. The van der Waals surface area contributed by atoms with Gasteiger partial charge in [-0.2, -0.15) is 0 Å². The van der Waals surface area contributed by atoms with E-state index >= 15 is 0 Å². The molecule has 3 aromatic rings. The van der Waals surface area contributed by atoms with Gasteiger partial charge in [0.25, 0.3) is 0 Å². The summed E-state index contributed by atoms with van der Waals surface area (Å²) >= 11 is 3.62. The summed E-state index contributed by atoms with van der Waals surface area (Å²) in [7, 11) is 1.64. The van der Waals surface area contributed by atoms with Gasteiger partial charge in [-0.3, -0.25) is 4.79 Å². The second-order valence-electron chi connectivity index (χ2n) is 7.03. The first-order valence-corrected chi connectivity index (χ1v) is 10.3. The number of carbonyl (C=O) groups excluding carboxylic acids is 2. The minimum atomic E-state index is -0.318. The van der Waals surface area contributed by atoms with Gasteiger partial charge in [-0.15, -0.1) is 0 Å². The summed E-state index contributed by atoms with van der Waals surface area (Å²) in [5.41, 5.74) is 4.13. The second kappa shape index (κ2) is 8.29. The van der Waals surface area contributed by atoms with E-state index in [1.54, 1.807) is 11.9 Å². The van der Waals surface area contributed by atoms with Crippen LogP contribution in [0.2, 0.25) is 0 Å². The van der Waals surface area contributed by atoms with E-state index in [1.807, 2.05) is 48.5 Å². The topological polar surface area (TPSA) is 63.6 Å². The molecule has 1 N–H and O–H groups in total. The first-order valence-electron chi connectivity index (χ1n) is 9.53. The van der Waals surface area contributed by atoms with Crippen LogP contribution in [-0.4, -0.2) is 35.1 Å². The molecule has 0 aliphatic carbocycles. The van der Waals surface area contributed by atoms with Crippen LogP contribution < -0.4 is 5.32 Å². The highest BCUT2D eigenvalue weighted by Gasteiger charge is 2.28. The number of halogens is 1. The largest absolute Gasteiger partial charge is 0.445 e. The number of benzene rings is 2. The molecule has 4 rings (SSSR count). The van der Waals surface area contributed by atoms with Crippen molar-refractivity contribution in [2.75, 3.05) is 13.6 Å². The number of para-hydroxylation sites is 1. The molecule has 0 unspecified atom stereocenters. The van der Waals surface area contributed by atoms with Gasteiger partial charge in [-0.1, -0.05) is 42.5 Å². The van der Waals surface area contributed by atoms with E-state index in [0.29, 0.717) is 19.5 Å². The quantitative estimate of drug-likeness (QED) is 0.649. The molecule has 29 heavy (non-hydrogen) atoms. The molecule has 2 heterocycles. The third-order valence-electron chi connectivity index (χ3n) is 5.27. The summed E-state index contributed by atoms with van der Waals surface area (Å²) < 4.78 is 8.51. The van der Waals surface area contributed by atoms with E-state index in [9.17, 15) is 9.59 Å². The molecule has 0 spiro atoms. The Bertz CT molecular complexity index is 1060. The highest BCUT2D eigenvalue weighted by Crippen LogP contribution is 2.35. The van der Waals surface area contributed by atoms with Crippen molar-refractivity contribution in [1.82, 2.24) is 14.8 Å². The molecule has 0 radical (unpaired) electrons. The summed E-state index contributed by atoms with van der Waals surface area (Å²) in [5, 5.41) is 3.75. The number of rotatable bonds is 4. The zero-order valence-electron chi connectivity index (χ0n) is 16.2. The normalized spacial score (nSPS) is 13.2. The van der Waals surface area contributed by atoms with Crippen LogP contribution in [-0.2, 0) is 35.6 Å². The van der Waals surface area contributed by atoms with Crippen LogP contribution in [0.5, 0.6) is 0 Å². The van der Waals surface area contributed by atoms with Crippen molar-refractivity contribution in [3.63, 3.8) is 0 Å². The van der Waals surface area contributed by atoms with Crippen LogP contribution in [0.15, 0.2) is 53.0 Å². The Morgan fingerprint density at radius 2 is 1.93 bits per heavy atom. The summed E-state index contributed by atoms with van der Waals surface area (Å²) in [6.45, 7) is 1.54. The van der Waals surface area contributed by atoms with Crippen LogP contribution in [0.1, 0.15) is 16.8 Å². The Kier molecular flexibility index (Phi) is 5.58. The maximum absolute atomic E-state index is 12.6. The van der Waals surface area contributed by atoms with E-state index in [2.05, 4.69) is 25.8 Å². The second-order valence-corrected chi connectivity index (χ2v) is 7.89. The Balaban J connectivity index is 1.59. The lowest BCUT2D eigenvalue weighted by atomic mass is 10.0. The van der Waals surface area contributed by atoms with Gasteiger partial charge in [0.1, 0.15) is 13.2 Å². The van der Waals surface area contributed by atoms with E-state index in [-0.39, 0.29) is 25.2 Å². The fraction of sp³-hybridized carbons (Fsp3) is 0.273.